The summed E-state index contributed by atoms with van der Waals surface area (Å²) < 4.78 is 2.27. The van der Waals surface area contributed by atoms with Gasteiger partial charge in [0, 0.05) is 40.7 Å². The predicted octanol–water partition coefficient (Wildman–Crippen LogP) is 4.41. The zero-order chi connectivity index (χ0) is 14.1. The fourth-order valence-corrected chi connectivity index (χ4v) is 2.75. The first kappa shape index (κ1) is 12.9. The summed E-state index contributed by atoms with van der Waals surface area (Å²) in [4.78, 5) is 11.9. The molecule has 1 heterocycles. The van der Waals surface area contributed by atoms with Crippen LogP contribution in [0.3, 0.4) is 0 Å². The van der Waals surface area contributed by atoms with Gasteiger partial charge in [0.2, 0.25) is 0 Å². The Morgan fingerprint density at radius 2 is 1.45 bits per heavy atom. The highest BCUT2D eigenvalue weighted by Gasteiger charge is 2.12. The van der Waals surface area contributed by atoms with Crippen molar-refractivity contribution in [2.24, 2.45) is 5.92 Å². The third kappa shape index (κ3) is 2.11. The topological polar surface area (TPSA) is 22.0 Å². The van der Waals surface area contributed by atoms with Gasteiger partial charge in [-0.1, -0.05) is 50.2 Å². The Bertz CT molecular complexity index is 714. The monoisotopic (exact) mass is 265 g/mol. The molecule has 0 N–H and O–H groups in total. The average Bonchev–Trinajstić information content (AvgIpc) is 2.79. The fraction of sp³-hybridized carbons (Fsp3) is 0.278. The van der Waals surface area contributed by atoms with Crippen LogP contribution in [0.2, 0.25) is 0 Å². The van der Waals surface area contributed by atoms with Crippen LogP contribution >= 0.6 is 0 Å². The number of rotatable bonds is 4. The first-order chi connectivity index (χ1) is 9.68. The SMILES string of the molecule is CC(C)C(=O)CCn1c2ccccc2c2ccccc21. The number of benzene rings is 2. The Kier molecular flexibility index (Phi) is 3.31. The van der Waals surface area contributed by atoms with E-state index >= 15 is 0 Å². The summed E-state index contributed by atoms with van der Waals surface area (Å²) >= 11 is 0. The number of hydrogen-bond donors (Lipinski definition) is 0. The van der Waals surface area contributed by atoms with E-state index in [1.165, 1.54) is 21.8 Å². The zero-order valence-electron chi connectivity index (χ0n) is 12.0. The van der Waals surface area contributed by atoms with E-state index in [0.717, 1.165) is 6.54 Å². The maximum atomic E-state index is 11.9. The van der Waals surface area contributed by atoms with Crippen LogP contribution in [0.25, 0.3) is 21.8 Å². The normalized spacial score (nSPS) is 11.6. The average molecular weight is 265 g/mol. The zero-order valence-corrected chi connectivity index (χ0v) is 12.0. The number of para-hydroxylation sites is 2. The van der Waals surface area contributed by atoms with Crippen molar-refractivity contribution in [1.82, 2.24) is 4.57 Å². The molecule has 2 aromatic carbocycles. The highest BCUT2D eigenvalue weighted by molar-refractivity contribution is 6.08. The first-order valence-corrected chi connectivity index (χ1v) is 7.17. The molecule has 0 unspecified atom stereocenters. The van der Waals surface area contributed by atoms with E-state index in [1.807, 2.05) is 13.8 Å². The lowest BCUT2D eigenvalue weighted by molar-refractivity contribution is -0.122. The lowest BCUT2D eigenvalue weighted by Crippen LogP contribution is -2.10. The molecule has 3 rings (SSSR count). The molecule has 0 saturated heterocycles. The Morgan fingerprint density at radius 3 is 1.95 bits per heavy atom. The lowest BCUT2D eigenvalue weighted by atomic mass is 10.1. The Labute approximate surface area is 119 Å². The highest BCUT2D eigenvalue weighted by atomic mass is 16.1. The molecule has 2 heteroatoms. The van der Waals surface area contributed by atoms with Crippen LogP contribution in [0.15, 0.2) is 48.5 Å². The Morgan fingerprint density at radius 1 is 0.950 bits per heavy atom. The van der Waals surface area contributed by atoms with E-state index in [9.17, 15) is 4.79 Å². The number of ketones is 1. The van der Waals surface area contributed by atoms with E-state index < -0.39 is 0 Å². The van der Waals surface area contributed by atoms with Crippen LogP contribution in [-0.4, -0.2) is 10.4 Å². The number of aryl methyl sites for hydroxylation is 1. The second kappa shape index (κ2) is 5.12. The minimum Gasteiger partial charge on any atom is -0.340 e. The molecule has 0 fully saturated rings. The summed E-state index contributed by atoms with van der Waals surface area (Å²) in [6, 6.07) is 16.8. The number of carbonyl (C=O) groups excluding carboxylic acids is 1. The highest BCUT2D eigenvalue weighted by Crippen LogP contribution is 2.28. The van der Waals surface area contributed by atoms with E-state index in [-0.39, 0.29) is 5.92 Å². The summed E-state index contributed by atoms with van der Waals surface area (Å²) in [5.74, 6) is 0.440. The summed E-state index contributed by atoms with van der Waals surface area (Å²) in [6.07, 6.45) is 0.598. The molecule has 0 bridgehead atoms. The molecule has 0 saturated carbocycles. The molecule has 1 aromatic heterocycles. The summed E-state index contributed by atoms with van der Waals surface area (Å²) in [5, 5.41) is 2.53. The van der Waals surface area contributed by atoms with Crippen molar-refractivity contribution in [2.75, 3.05) is 0 Å². The fourth-order valence-electron chi connectivity index (χ4n) is 2.75. The number of aromatic nitrogens is 1. The molecule has 0 amide bonds. The lowest BCUT2D eigenvalue weighted by Gasteiger charge is -2.08. The second-order valence-corrected chi connectivity index (χ2v) is 5.56. The smallest absolute Gasteiger partial charge is 0.137 e. The number of Topliss-reactive ketones (excluding diaryl/α,β-unsaturated/α-hetero) is 1. The first-order valence-electron chi connectivity index (χ1n) is 7.17. The van der Waals surface area contributed by atoms with E-state index in [2.05, 4.69) is 53.1 Å². The van der Waals surface area contributed by atoms with Crippen molar-refractivity contribution < 1.29 is 4.79 Å². The molecule has 3 aromatic rings. The van der Waals surface area contributed by atoms with Crippen LogP contribution in [-0.2, 0) is 11.3 Å². The van der Waals surface area contributed by atoms with Gasteiger partial charge in [0.05, 0.1) is 0 Å². The number of nitrogens with zero attached hydrogens (tertiary/aromatic N) is 1. The van der Waals surface area contributed by atoms with Gasteiger partial charge in [-0.2, -0.15) is 0 Å². The van der Waals surface area contributed by atoms with Gasteiger partial charge in [-0.3, -0.25) is 4.79 Å². The molecule has 0 aliphatic heterocycles. The van der Waals surface area contributed by atoms with Crippen LogP contribution in [0.5, 0.6) is 0 Å². The summed E-state index contributed by atoms with van der Waals surface area (Å²) in [7, 11) is 0. The van der Waals surface area contributed by atoms with Crippen molar-refractivity contribution in [3.05, 3.63) is 48.5 Å². The standard InChI is InChI=1S/C18H19NO/c1-13(2)18(20)11-12-19-16-9-5-3-7-14(16)15-8-4-6-10-17(15)19/h3-10,13H,11-12H2,1-2H3. The van der Waals surface area contributed by atoms with Gasteiger partial charge >= 0.3 is 0 Å². The van der Waals surface area contributed by atoms with Gasteiger partial charge < -0.3 is 4.57 Å². The van der Waals surface area contributed by atoms with E-state index in [0.29, 0.717) is 12.2 Å². The maximum Gasteiger partial charge on any atom is 0.137 e. The van der Waals surface area contributed by atoms with Crippen molar-refractivity contribution in [3.63, 3.8) is 0 Å². The number of hydrogen-bond acceptors (Lipinski definition) is 1. The molecule has 0 spiro atoms. The van der Waals surface area contributed by atoms with E-state index in [1.54, 1.807) is 0 Å². The van der Waals surface area contributed by atoms with Crippen LogP contribution in [0, 0.1) is 5.92 Å². The molecule has 102 valence electrons. The largest absolute Gasteiger partial charge is 0.340 e. The predicted molar refractivity (Wildman–Crippen MR) is 83.9 cm³/mol. The van der Waals surface area contributed by atoms with Gasteiger partial charge in [-0.05, 0) is 12.1 Å². The molecule has 0 radical (unpaired) electrons. The van der Waals surface area contributed by atoms with Crippen LogP contribution < -0.4 is 0 Å². The molecular weight excluding hydrogens is 246 g/mol. The van der Waals surface area contributed by atoms with Gasteiger partial charge in [0.25, 0.3) is 0 Å². The van der Waals surface area contributed by atoms with E-state index in [4.69, 9.17) is 0 Å². The van der Waals surface area contributed by atoms with Gasteiger partial charge in [-0.15, -0.1) is 0 Å². The third-order valence-corrected chi connectivity index (χ3v) is 3.91. The second-order valence-electron chi connectivity index (χ2n) is 5.56. The van der Waals surface area contributed by atoms with Crippen LogP contribution in [0.4, 0.5) is 0 Å². The third-order valence-electron chi connectivity index (χ3n) is 3.91. The van der Waals surface area contributed by atoms with Crippen molar-refractivity contribution in [2.45, 2.75) is 26.8 Å². The molecular formula is C18H19NO. The summed E-state index contributed by atoms with van der Waals surface area (Å²) in [6.45, 7) is 4.69. The molecule has 0 aliphatic rings. The van der Waals surface area contributed by atoms with Gasteiger partial charge in [-0.25, -0.2) is 0 Å². The quantitative estimate of drug-likeness (QED) is 0.685. The Balaban J connectivity index is 2.10. The van der Waals surface area contributed by atoms with Crippen molar-refractivity contribution in [1.29, 1.82) is 0 Å². The van der Waals surface area contributed by atoms with Gasteiger partial charge in [0.15, 0.2) is 0 Å². The maximum absolute atomic E-state index is 11.9. The number of carbonyl (C=O) groups is 1. The molecule has 0 aliphatic carbocycles. The minimum absolute atomic E-state index is 0.114. The van der Waals surface area contributed by atoms with Gasteiger partial charge in [0.1, 0.15) is 5.78 Å². The van der Waals surface area contributed by atoms with Crippen LogP contribution in [0.1, 0.15) is 20.3 Å². The molecule has 20 heavy (non-hydrogen) atoms. The Hall–Kier alpha value is -2.09. The molecule has 0 atom stereocenters. The minimum atomic E-state index is 0.114. The number of fused-ring (bicyclic) bond motifs is 3. The molecule has 2 nitrogen and oxygen atoms in total. The van der Waals surface area contributed by atoms with Crippen molar-refractivity contribution in [3.8, 4) is 0 Å². The van der Waals surface area contributed by atoms with Crippen molar-refractivity contribution >= 4 is 27.6 Å². The summed E-state index contributed by atoms with van der Waals surface area (Å²) in [5.41, 5.74) is 2.43.